The van der Waals surface area contributed by atoms with E-state index in [2.05, 4.69) is 26.3 Å². The molecule has 1 aliphatic heterocycles. The third kappa shape index (κ3) is 3.21. The molecule has 1 aromatic rings. The number of aliphatic hydroxyl groups is 1. The van der Waals surface area contributed by atoms with E-state index < -0.39 is 15.1 Å². The van der Waals surface area contributed by atoms with Crippen molar-refractivity contribution in [3.63, 3.8) is 0 Å². The molecule has 1 aromatic heterocycles. The van der Waals surface area contributed by atoms with Gasteiger partial charge in [0.2, 0.25) is 0 Å². The number of rotatable bonds is 5. The summed E-state index contributed by atoms with van der Waals surface area (Å²) in [7, 11) is -3.01. The van der Waals surface area contributed by atoms with E-state index >= 15 is 0 Å². The van der Waals surface area contributed by atoms with Gasteiger partial charge in [0, 0.05) is 6.54 Å². The highest BCUT2D eigenvalue weighted by atomic mass is 79.9. The van der Waals surface area contributed by atoms with E-state index in [1.165, 1.54) is 6.20 Å². The van der Waals surface area contributed by atoms with Crippen LogP contribution in [-0.4, -0.2) is 47.5 Å². The van der Waals surface area contributed by atoms with Gasteiger partial charge in [-0.2, -0.15) is 5.10 Å². The minimum Gasteiger partial charge on any atom is -0.394 e. The Bertz CT molecular complexity index is 644. The van der Waals surface area contributed by atoms with E-state index in [0.717, 1.165) is 4.68 Å². The Kier molecular flexibility index (Phi) is 4.82. The van der Waals surface area contributed by atoms with Crippen LogP contribution in [0.5, 0.6) is 0 Å². The largest absolute Gasteiger partial charge is 0.394 e. The first-order valence-electron chi connectivity index (χ1n) is 6.27. The van der Waals surface area contributed by atoms with Gasteiger partial charge in [-0.05, 0) is 28.8 Å². The number of halogens is 1. The second-order valence-corrected chi connectivity index (χ2v) is 7.83. The summed E-state index contributed by atoms with van der Waals surface area (Å²) in [4.78, 5) is 11.9. The van der Waals surface area contributed by atoms with Crippen molar-refractivity contribution in [2.45, 2.75) is 24.6 Å². The molecule has 112 valence electrons. The molecule has 7 nitrogen and oxygen atoms in total. The Balaban J connectivity index is 2.11. The van der Waals surface area contributed by atoms with E-state index in [1.54, 1.807) is 0 Å². The van der Waals surface area contributed by atoms with E-state index in [1.807, 2.05) is 0 Å². The molecule has 0 spiro atoms. The zero-order chi connectivity index (χ0) is 14.8. The van der Waals surface area contributed by atoms with Crippen LogP contribution in [0.1, 0.15) is 12.8 Å². The summed E-state index contributed by atoms with van der Waals surface area (Å²) < 4.78 is 24.9. The predicted octanol–water partition coefficient (Wildman–Crippen LogP) is -0.0128. The van der Waals surface area contributed by atoms with Gasteiger partial charge < -0.3 is 10.4 Å². The van der Waals surface area contributed by atoms with Gasteiger partial charge in [-0.15, -0.1) is 0 Å². The maximum absolute atomic E-state index is 11.9. The lowest BCUT2D eigenvalue weighted by Crippen LogP contribution is -2.28. The van der Waals surface area contributed by atoms with Crippen molar-refractivity contribution in [3.05, 3.63) is 21.0 Å². The number of nitrogens with zero attached hydrogens (tertiary/aromatic N) is 2. The molecule has 1 fully saturated rings. The number of hydrogen-bond acceptors (Lipinski definition) is 6. The molecule has 2 N–H and O–H groups in total. The first kappa shape index (κ1) is 15.5. The Morgan fingerprint density at radius 2 is 2.30 bits per heavy atom. The first-order chi connectivity index (χ1) is 9.45. The fraction of sp³-hybridized carbons (Fsp3) is 0.636. The van der Waals surface area contributed by atoms with Gasteiger partial charge in [-0.25, -0.2) is 13.1 Å². The predicted molar refractivity (Wildman–Crippen MR) is 78.6 cm³/mol. The molecular weight excluding hydrogens is 350 g/mol. The van der Waals surface area contributed by atoms with Crippen molar-refractivity contribution in [2.24, 2.45) is 0 Å². The van der Waals surface area contributed by atoms with Crippen LogP contribution in [0.4, 0.5) is 5.69 Å². The van der Waals surface area contributed by atoms with Crippen molar-refractivity contribution in [2.75, 3.05) is 24.2 Å². The molecule has 0 radical (unpaired) electrons. The zero-order valence-corrected chi connectivity index (χ0v) is 13.2. The molecule has 9 heteroatoms. The van der Waals surface area contributed by atoms with Gasteiger partial charge in [-0.3, -0.25) is 4.79 Å². The van der Waals surface area contributed by atoms with Crippen LogP contribution in [0.15, 0.2) is 15.5 Å². The topological polar surface area (TPSA) is 101 Å². The SMILES string of the molecule is O=c1c(Br)c(NCC2CCCS2(=O)=O)cnn1CCO. The van der Waals surface area contributed by atoms with Gasteiger partial charge in [0.1, 0.15) is 4.47 Å². The number of nitrogens with one attached hydrogen (secondary N) is 1. The molecule has 20 heavy (non-hydrogen) atoms. The van der Waals surface area contributed by atoms with Crippen LogP contribution in [0, 0.1) is 0 Å². The number of hydrogen-bond donors (Lipinski definition) is 2. The highest BCUT2D eigenvalue weighted by Crippen LogP contribution is 2.22. The summed E-state index contributed by atoms with van der Waals surface area (Å²) in [5.41, 5.74) is 0.101. The van der Waals surface area contributed by atoms with E-state index in [-0.39, 0.29) is 35.5 Å². The fourth-order valence-corrected chi connectivity index (χ4v) is 4.37. The van der Waals surface area contributed by atoms with Crippen LogP contribution >= 0.6 is 15.9 Å². The average Bonchev–Trinajstić information content (AvgIpc) is 2.73. The third-order valence-electron chi connectivity index (χ3n) is 3.28. The zero-order valence-electron chi connectivity index (χ0n) is 10.7. The van der Waals surface area contributed by atoms with Gasteiger partial charge >= 0.3 is 0 Å². The maximum atomic E-state index is 11.9. The number of aliphatic hydroxyl groups excluding tert-OH is 1. The van der Waals surface area contributed by atoms with Crippen molar-refractivity contribution in [1.82, 2.24) is 9.78 Å². The van der Waals surface area contributed by atoms with E-state index in [0.29, 0.717) is 18.5 Å². The molecular formula is C11H16BrN3O4S. The van der Waals surface area contributed by atoms with Crippen LogP contribution in [0.2, 0.25) is 0 Å². The summed E-state index contributed by atoms with van der Waals surface area (Å²) in [6.45, 7) is 0.215. The molecule has 2 heterocycles. The monoisotopic (exact) mass is 365 g/mol. The lowest BCUT2D eigenvalue weighted by atomic mass is 10.2. The smallest absolute Gasteiger partial charge is 0.283 e. The Hall–Kier alpha value is -0.930. The molecule has 0 aromatic carbocycles. The van der Waals surface area contributed by atoms with Crippen molar-refractivity contribution >= 4 is 31.5 Å². The third-order valence-corrected chi connectivity index (χ3v) is 6.32. The summed E-state index contributed by atoms with van der Waals surface area (Å²) in [5, 5.41) is 15.3. The van der Waals surface area contributed by atoms with Gasteiger partial charge in [0.25, 0.3) is 5.56 Å². The molecule has 2 rings (SSSR count). The molecule has 0 saturated carbocycles. The normalized spacial score (nSPS) is 21.0. The Morgan fingerprint density at radius 1 is 1.55 bits per heavy atom. The lowest BCUT2D eigenvalue weighted by molar-refractivity contribution is 0.266. The molecule has 1 saturated heterocycles. The molecule has 1 unspecified atom stereocenters. The molecule has 1 atom stereocenters. The lowest BCUT2D eigenvalue weighted by Gasteiger charge is -2.13. The molecule has 0 bridgehead atoms. The summed E-state index contributed by atoms with van der Waals surface area (Å²) in [6.07, 6.45) is 2.77. The van der Waals surface area contributed by atoms with Crippen LogP contribution < -0.4 is 10.9 Å². The fourth-order valence-electron chi connectivity index (χ4n) is 2.15. The minimum absolute atomic E-state index is 0.120. The van der Waals surface area contributed by atoms with E-state index in [9.17, 15) is 13.2 Å². The highest BCUT2D eigenvalue weighted by molar-refractivity contribution is 9.10. The maximum Gasteiger partial charge on any atom is 0.283 e. The van der Waals surface area contributed by atoms with Gasteiger partial charge in [-0.1, -0.05) is 0 Å². The second-order valence-electron chi connectivity index (χ2n) is 4.64. The van der Waals surface area contributed by atoms with Crippen LogP contribution in [-0.2, 0) is 16.4 Å². The number of aromatic nitrogens is 2. The molecule has 0 amide bonds. The van der Waals surface area contributed by atoms with E-state index in [4.69, 9.17) is 5.11 Å². The van der Waals surface area contributed by atoms with Crippen molar-refractivity contribution in [3.8, 4) is 0 Å². The van der Waals surface area contributed by atoms with Gasteiger partial charge in [0.05, 0.1) is 36.0 Å². The molecule has 0 aliphatic carbocycles. The summed E-state index contributed by atoms with van der Waals surface area (Å²) in [5.74, 6) is 0.233. The summed E-state index contributed by atoms with van der Waals surface area (Å²) >= 11 is 3.17. The Labute approximate surface area is 125 Å². The minimum atomic E-state index is -3.01. The average molecular weight is 366 g/mol. The van der Waals surface area contributed by atoms with Crippen molar-refractivity contribution < 1.29 is 13.5 Å². The quantitative estimate of drug-likeness (QED) is 0.760. The first-order valence-corrected chi connectivity index (χ1v) is 8.78. The second kappa shape index (κ2) is 6.23. The Morgan fingerprint density at radius 3 is 2.90 bits per heavy atom. The molecule has 1 aliphatic rings. The number of sulfone groups is 1. The van der Waals surface area contributed by atoms with Crippen LogP contribution in [0.3, 0.4) is 0 Å². The van der Waals surface area contributed by atoms with Crippen LogP contribution in [0.25, 0.3) is 0 Å². The standard InChI is InChI=1S/C11H16BrN3O4S/c12-10-9(7-14-15(3-4-16)11(10)17)13-6-8-2-1-5-20(8,18)19/h7-8,13,16H,1-6H2. The number of anilines is 1. The van der Waals surface area contributed by atoms with Crippen molar-refractivity contribution in [1.29, 1.82) is 0 Å². The summed E-state index contributed by atoms with van der Waals surface area (Å²) in [6, 6.07) is 0. The van der Waals surface area contributed by atoms with Gasteiger partial charge in [0.15, 0.2) is 9.84 Å². The highest BCUT2D eigenvalue weighted by Gasteiger charge is 2.31.